The maximum Gasteiger partial charge on any atom is 0.263 e. The molecule has 0 saturated carbocycles. The Hall–Kier alpha value is -1.97. The summed E-state index contributed by atoms with van der Waals surface area (Å²) in [5.41, 5.74) is 0.351. The van der Waals surface area contributed by atoms with Crippen LogP contribution in [0.5, 0.6) is 0 Å². The number of rotatable bonds is 4. The van der Waals surface area contributed by atoms with Gasteiger partial charge in [0, 0.05) is 12.3 Å². The van der Waals surface area contributed by atoms with Gasteiger partial charge in [-0.15, -0.1) is 0 Å². The van der Waals surface area contributed by atoms with Crippen molar-refractivity contribution in [3.63, 3.8) is 0 Å². The molecule has 0 unspecified atom stereocenters. The average Bonchev–Trinajstić information content (AvgIpc) is 3.03. The smallest absolute Gasteiger partial charge is 0.263 e. The lowest BCUT2D eigenvalue weighted by Crippen LogP contribution is -2.13. The predicted molar refractivity (Wildman–Crippen MR) is 93.9 cm³/mol. The van der Waals surface area contributed by atoms with Crippen LogP contribution in [0.25, 0.3) is 11.4 Å². The van der Waals surface area contributed by atoms with Crippen molar-refractivity contribution in [1.29, 1.82) is 0 Å². The van der Waals surface area contributed by atoms with Crippen LogP contribution in [0.4, 0.5) is 14.5 Å². The molecule has 3 aromatic rings. The van der Waals surface area contributed by atoms with Crippen molar-refractivity contribution >= 4 is 43.2 Å². The fraction of sp³-hybridized carbons (Fsp3) is 0. The largest absolute Gasteiger partial charge is 0.359 e. The van der Waals surface area contributed by atoms with E-state index < -0.39 is 27.3 Å². The van der Waals surface area contributed by atoms with E-state index in [-0.39, 0.29) is 14.5 Å². The quantitative estimate of drug-likeness (QED) is 0.453. The summed E-state index contributed by atoms with van der Waals surface area (Å²) < 4.78 is 54.0. The van der Waals surface area contributed by atoms with Crippen LogP contribution < -0.4 is 4.72 Å². The highest BCUT2D eigenvalue weighted by Crippen LogP contribution is 2.27. The number of nitrogens with one attached hydrogen (secondary N) is 2. The minimum atomic E-state index is -4.13. The molecule has 0 spiro atoms. The second-order valence-corrected chi connectivity index (χ2v) is 7.87. The van der Waals surface area contributed by atoms with E-state index in [1.54, 1.807) is 18.2 Å². The molecule has 0 radical (unpaired) electrons. The van der Waals surface area contributed by atoms with Gasteiger partial charge in [-0.1, -0.05) is 17.7 Å². The van der Waals surface area contributed by atoms with E-state index in [4.69, 9.17) is 11.6 Å². The highest BCUT2D eigenvalue weighted by Gasteiger charge is 2.20. The Labute approximate surface area is 155 Å². The molecule has 0 aliphatic heterocycles. The summed E-state index contributed by atoms with van der Waals surface area (Å²) in [6.07, 6.45) is 1.22. The van der Waals surface area contributed by atoms with Gasteiger partial charge in [-0.2, -0.15) is 0 Å². The molecule has 1 aromatic carbocycles. The normalized spacial score (nSPS) is 11.5. The standard InChI is InChI=1S/C15H9BrClF2N3O2S/c16-9-5-11(19)13(6-10(9)18)22-25(23,24)8-4-14(20-7-8)12-2-1-3-15(17)21-12/h1-7,20,22H. The Balaban J connectivity index is 1.93. The number of nitrogens with zero attached hydrogens (tertiary/aromatic N) is 1. The third kappa shape index (κ3) is 3.83. The number of H-pyrrole nitrogens is 1. The predicted octanol–water partition coefficient (Wildman–Crippen LogP) is 4.57. The van der Waals surface area contributed by atoms with Crippen LogP contribution in [0.2, 0.25) is 5.15 Å². The monoisotopic (exact) mass is 447 g/mol. The van der Waals surface area contributed by atoms with Gasteiger partial charge in [-0.3, -0.25) is 4.72 Å². The highest BCUT2D eigenvalue weighted by atomic mass is 79.9. The molecule has 2 aromatic heterocycles. The van der Waals surface area contributed by atoms with Gasteiger partial charge in [-0.05, 0) is 40.2 Å². The summed E-state index contributed by atoms with van der Waals surface area (Å²) in [5, 5.41) is 0.252. The second-order valence-electron chi connectivity index (χ2n) is 4.95. The number of aromatic amines is 1. The highest BCUT2D eigenvalue weighted by molar-refractivity contribution is 9.10. The fourth-order valence-corrected chi connectivity index (χ4v) is 3.57. The first-order chi connectivity index (χ1) is 11.8. The van der Waals surface area contributed by atoms with Gasteiger partial charge in [0.05, 0.1) is 21.5 Å². The molecule has 0 amide bonds. The molecule has 10 heteroatoms. The summed E-state index contributed by atoms with van der Waals surface area (Å²) in [5.74, 6) is -1.71. The van der Waals surface area contributed by atoms with Crippen molar-refractivity contribution in [2.45, 2.75) is 4.90 Å². The molecule has 3 rings (SSSR count). The van der Waals surface area contributed by atoms with Gasteiger partial charge in [0.2, 0.25) is 0 Å². The summed E-state index contributed by atoms with van der Waals surface area (Å²) in [4.78, 5) is 6.66. The first-order valence-electron chi connectivity index (χ1n) is 6.75. The van der Waals surface area contributed by atoms with Crippen LogP contribution in [-0.2, 0) is 10.0 Å². The van der Waals surface area contributed by atoms with Crippen molar-refractivity contribution < 1.29 is 17.2 Å². The lowest BCUT2D eigenvalue weighted by molar-refractivity contribution is 0.592. The Kier molecular flexibility index (Phi) is 4.81. The SMILES string of the molecule is O=S(=O)(Nc1cc(F)c(Br)cc1F)c1c[nH]c(-c2cccc(Cl)n2)c1. The van der Waals surface area contributed by atoms with Gasteiger partial charge >= 0.3 is 0 Å². The molecule has 0 atom stereocenters. The van der Waals surface area contributed by atoms with E-state index in [2.05, 4.69) is 25.9 Å². The number of aromatic nitrogens is 2. The van der Waals surface area contributed by atoms with E-state index in [0.29, 0.717) is 11.4 Å². The van der Waals surface area contributed by atoms with Crippen LogP contribution in [-0.4, -0.2) is 18.4 Å². The molecule has 5 nitrogen and oxygen atoms in total. The Morgan fingerprint density at radius 3 is 2.64 bits per heavy atom. The summed E-state index contributed by atoms with van der Waals surface area (Å²) in [7, 11) is -4.13. The number of anilines is 1. The van der Waals surface area contributed by atoms with Crippen LogP contribution >= 0.6 is 27.5 Å². The minimum Gasteiger partial charge on any atom is -0.359 e. The van der Waals surface area contributed by atoms with Crippen molar-refractivity contribution in [2.75, 3.05) is 4.72 Å². The third-order valence-corrected chi connectivity index (χ3v) is 5.38. The van der Waals surface area contributed by atoms with Gasteiger partial charge < -0.3 is 4.98 Å². The Morgan fingerprint density at radius 1 is 1.16 bits per heavy atom. The topological polar surface area (TPSA) is 74.8 Å². The molecular weight excluding hydrogens is 440 g/mol. The van der Waals surface area contributed by atoms with Gasteiger partial charge in [0.15, 0.2) is 0 Å². The lowest BCUT2D eigenvalue weighted by Gasteiger charge is -2.08. The molecule has 2 N–H and O–H groups in total. The number of hydrogen-bond acceptors (Lipinski definition) is 3. The summed E-state index contributed by atoms with van der Waals surface area (Å²) >= 11 is 8.63. The van der Waals surface area contributed by atoms with Crippen LogP contribution in [0.3, 0.4) is 0 Å². The Morgan fingerprint density at radius 2 is 1.92 bits per heavy atom. The molecule has 0 aliphatic carbocycles. The van der Waals surface area contributed by atoms with E-state index in [1.807, 2.05) is 4.72 Å². The van der Waals surface area contributed by atoms with E-state index in [9.17, 15) is 17.2 Å². The number of halogens is 4. The Bertz CT molecular complexity index is 1060. The first-order valence-corrected chi connectivity index (χ1v) is 9.40. The second kappa shape index (κ2) is 6.74. The summed E-state index contributed by atoms with van der Waals surface area (Å²) in [6.45, 7) is 0. The first kappa shape index (κ1) is 17.8. The molecule has 0 saturated heterocycles. The third-order valence-electron chi connectivity index (χ3n) is 3.21. The molecule has 0 aliphatic rings. The van der Waals surface area contributed by atoms with Gasteiger partial charge in [0.25, 0.3) is 10.0 Å². The van der Waals surface area contributed by atoms with Gasteiger partial charge in [-0.25, -0.2) is 22.2 Å². The van der Waals surface area contributed by atoms with Crippen LogP contribution in [0, 0.1) is 11.6 Å². The fourth-order valence-electron chi connectivity index (χ4n) is 2.04. The zero-order valence-corrected chi connectivity index (χ0v) is 15.4. The number of pyridine rings is 1. The van der Waals surface area contributed by atoms with E-state index >= 15 is 0 Å². The zero-order valence-electron chi connectivity index (χ0n) is 12.2. The molecule has 0 fully saturated rings. The molecule has 130 valence electrons. The molecule has 25 heavy (non-hydrogen) atoms. The van der Waals surface area contributed by atoms with Gasteiger partial charge in [0.1, 0.15) is 21.7 Å². The van der Waals surface area contributed by atoms with Crippen LogP contribution in [0.1, 0.15) is 0 Å². The van der Waals surface area contributed by atoms with E-state index in [0.717, 1.165) is 12.1 Å². The molecule has 2 heterocycles. The van der Waals surface area contributed by atoms with Crippen molar-refractivity contribution in [1.82, 2.24) is 9.97 Å². The van der Waals surface area contributed by atoms with Crippen molar-refractivity contribution in [3.8, 4) is 11.4 Å². The molecule has 0 bridgehead atoms. The van der Waals surface area contributed by atoms with Crippen molar-refractivity contribution in [3.05, 3.63) is 63.9 Å². The van der Waals surface area contributed by atoms with Crippen molar-refractivity contribution in [2.24, 2.45) is 0 Å². The zero-order chi connectivity index (χ0) is 18.2. The molecular formula is C15H9BrClF2N3O2S. The minimum absolute atomic E-state index is 0.107. The maximum atomic E-state index is 13.8. The number of hydrogen-bond donors (Lipinski definition) is 2. The maximum absolute atomic E-state index is 13.8. The summed E-state index contributed by atoms with van der Waals surface area (Å²) in [6, 6.07) is 7.80. The van der Waals surface area contributed by atoms with Crippen LogP contribution in [0.15, 0.2) is 52.0 Å². The van der Waals surface area contributed by atoms with E-state index in [1.165, 1.54) is 12.3 Å². The number of benzene rings is 1. The average molecular weight is 449 g/mol. The number of sulfonamides is 1. The lowest BCUT2D eigenvalue weighted by atomic mass is 10.3.